The molecular weight excluding hydrogens is 276 g/mol. The van der Waals surface area contributed by atoms with E-state index in [-0.39, 0.29) is 0 Å². The smallest absolute Gasteiger partial charge is 0.144 e. The fourth-order valence-corrected chi connectivity index (χ4v) is 2.90. The van der Waals surface area contributed by atoms with Crippen molar-refractivity contribution in [3.8, 4) is 16.9 Å². The summed E-state index contributed by atoms with van der Waals surface area (Å²) in [5.74, 6) is 0.802. The minimum atomic E-state index is 0.414. The molecule has 0 amide bonds. The number of rotatable bonds is 4. The summed E-state index contributed by atoms with van der Waals surface area (Å²) in [6.07, 6.45) is 3.54. The molecule has 1 fully saturated rings. The molecule has 1 atom stereocenters. The molecule has 0 spiro atoms. The SMILES string of the molecule is COc1cnccc1-c1ccc(C(C)N2CCOCC2)cc1. The van der Waals surface area contributed by atoms with Crippen molar-refractivity contribution in [2.45, 2.75) is 13.0 Å². The van der Waals surface area contributed by atoms with E-state index in [0.717, 1.165) is 43.2 Å². The molecule has 3 rings (SSSR count). The summed E-state index contributed by atoms with van der Waals surface area (Å²) in [4.78, 5) is 6.57. The predicted octanol–water partition coefficient (Wildman–Crippen LogP) is 3.15. The first-order valence-corrected chi connectivity index (χ1v) is 7.69. The molecule has 1 aliphatic rings. The molecule has 0 radical (unpaired) electrons. The van der Waals surface area contributed by atoms with Crippen LogP contribution in [0.25, 0.3) is 11.1 Å². The quantitative estimate of drug-likeness (QED) is 0.868. The summed E-state index contributed by atoms with van der Waals surface area (Å²) in [6, 6.07) is 11.1. The molecule has 2 heterocycles. The van der Waals surface area contributed by atoms with Gasteiger partial charge in [-0.25, -0.2) is 0 Å². The molecular formula is C18H22N2O2. The van der Waals surface area contributed by atoms with Crippen LogP contribution in [0.1, 0.15) is 18.5 Å². The van der Waals surface area contributed by atoms with Crippen LogP contribution in [0.3, 0.4) is 0 Å². The largest absolute Gasteiger partial charge is 0.494 e. The van der Waals surface area contributed by atoms with Crippen LogP contribution < -0.4 is 4.74 Å². The molecule has 1 aromatic carbocycles. The van der Waals surface area contributed by atoms with Crippen molar-refractivity contribution in [1.82, 2.24) is 9.88 Å². The fourth-order valence-electron chi connectivity index (χ4n) is 2.90. The van der Waals surface area contributed by atoms with Crippen molar-refractivity contribution in [1.29, 1.82) is 0 Å². The van der Waals surface area contributed by atoms with Gasteiger partial charge in [-0.2, -0.15) is 0 Å². The highest BCUT2D eigenvalue weighted by Crippen LogP contribution is 2.30. The van der Waals surface area contributed by atoms with E-state index in [1.54, 1.807) is 19.5 Å². The van der Waals surface area contributed by atoms with Gasteiger partial charge >= 0.3 is 0 Å². The molecule has 4 heteroatoms. The van der Waals surface area contributed by atoms with Gasteiger partial charge in [-0.1, -0.05) is 24.3 Å². The van der Waals surface area contributed by atoms with Gasteiger partial charge in [0.2, 0.25) is 0 Å². The van der Waals surface area contributed by atoms with E-state index in [9.17, 15) is 0 Å². The first kappa shape index (κ1) is 15.0. The number of aromatic nitrogens is 1. The van der Waals surface area contributed by atoms with Crippen molar-refractivity contribution >= 4 is 0 Å². The second kappa shape index (κ2) is 6.90. The van der Waals surface area contributed by atoms with E-state index in [1.165, 1.54) is 5.56 Å². The maximum absolute atomic E-state index is 5.43. The Morgan fingerprint density at radius 3 is 2.55 bits per heavy atom. The zero-order valence-corrected chi connectivity index (χ0v) is 13.2. The lowest BCUT2D eigenvalue weighted by Gasteiger charge is -2.32. The van der Waals surface area contributed by atoms with Crippen LogP contribution in [0.5, 0.6) is 5.75 Å². The summed E-state index contributed by atoms with van der Waals surface area (Å²) in [5, 5.41) is 0. The second-order valence-electron chi connectivity index (χ2n) is 5.52. The first-order chi connectivity index (χ1) is 10.8. The third kappa shape index (κ3) is 3.13. The number of morpholine rings is 1. The van der Waals surface area contributed by atoms with Crippen molar-refractivity contribution in [2.24, 2.45) is 0 Å². The Morgan fingerprint density at radius 2 is 1.86 bits per heavy atom. The lowest BCUT2D eigenvalue weighted by molar-refractivity contribution is 0.0198. The summed E-state index contributed by atoms with van der Waals surface area (Å²) >= 11 is 0. The Balaban J connectivity index is 1.80. The van der Waals surface area contributed by atoms with Crippen LogP contribution in [0.15, 0.2) is 42.7 Å². The topological polar surface area (TPSA) is 34.6 Å². The fraction of sp³-hybridized carbons (Fsp3) is 0.389. The highest BCUT2D eigenvalue weighted by Gasteiger charge is 2.18. The number of hydrogen-bond acceptors (Lipinski definition) is 4. The maximum Gasteiger partial charge on any atom is 0.144 e. The number of nitrogens with zero attached hydrogens (tertiary/aromatic N) is 2. The monoisotopic (exact) mass is 298 g/mol. The number of methoxy groups -OCH3 is 1. The minimum absolute atomic E-state index is 0.414. The van der Waals surface area contributed by atoms with E-state index < -0.39 is 0 Å². The molecule has 0 saturated carbocycles. The van der Waals surface area contributed by atoms with Crippen LogP contribution >= 0.6 is 0 Å². The molecule has 2 aromatic rings. The molecule has 1 saturated heterocycles. The molecule has 0 aliphatic carbocycles. The Hall–Kier alpha value is -1.91. The number of ether oxygens (including phenoxy) is 2. The third-order valence-electron chi connectivity index (χ3n) is 4.30. The maximum atomic E-state index is 5.43. The Labute approximate surface area is 131 Å². The van der Waals surface area contributed by atoms with Crippen LogP contribution in [0.2, 0.25) is 0 Å². The van der Waals surface area contributed by atoms with Gasteiger partial charge in [0.25, 0.3) is 0 Å². The van der Waals surface area contributed by atoms with Gasteiger partial charge in [0.05, 0.1) is 26.5 Å². The summed E-state index contributed by atoms with van der Waals surface area (Å²) in [7, 11) is 1.68. The molecule has 4 nitrogen and oxygen atoms in total. The van der Waals surface area contributed by atoms with Gasteiger partial charge in [-0.15, -0.1) is 0 Å². The average molecular weight is 298 g/mol. The number of hydrogen-bond donors (Lipinski definition) is 0. The number of pyridine rings is 1. The Kier molecular flexibility index (Phi) is 4.71. The standard InChI is InChI=1S/C18H22N2O2/c1-14(20-9-11-22-12-10-20)15-3-5-16(6-4-15)17-7-8-19-13-18(17)21-2/h3-8,13-14H,9-12H2,1-2H3. The van der Waals surface area contributed by atoms with Crippen molar-refractivity contribution in [3.05, 3.63) is 48.3 Å². The van der Waals surface area contributed by atoms with Crippen molar-refractivity contribution in [2.75, 3.05) is 33.4 Å². The Bertz CT molecular complexity index is 607. The van der Waals surface area contributed by atoms with E-state index >= 15 is 0 Å². The average Bonchev–Trinajstić information content (AvgIpc) is 2.62. The molecule has 1 aromatic heterocycles. The minimum Gasteiger partial charge on any atom is -0.494 e. The zero-order valence-electron chi connectivity index (χ0n) is 13.2. The molecule has 1 unspecified atom stereocenters. The lowest BCUT2D eigenvalue weighted by atomic mass is 10.0. The van der Waals surface area contributed by atoms with Crippen LogP contribution in [-0.4, -0.2) is 43.3 Å². The van der Waals surface area contributed by atoms with Gasteiger partial charge in [0.15, 0.2) is 0 Å². The Morgan fingerprint density at radius 1 is 1.14 bits per heavy atom. The summed E-state index contributed by atoms with van der Waals surface area (Å²) in [6.45, 7) is 5.92. The van der Waals surface area contributed by atoms with Gasteiger partial charge in [-0.05, 0) is 24.1 Å². The molecule has 0 bridgehead atoms. The van der Waals surface area contributed by atoms with Gasteiger partial charge < -0.3 is 9.47 Å². The van der Waals surface area contributed by atoms with E-state index in [1.807, 2.05) is 6.07 Å². The molecule has 22 heavy (non-hydrogen) atoms. The van der Waals surface area contributed by atoms with Gasteiger partial charge in [0, 0.05) is 30.9 Å². The third-order valence-corrected chi connectivity index (χ3v) is 4.30. The van der Waals surface area contributed by atoms with Crippen LogP contribution in [0, 0.1) is 0 Å². The second-order valence-corrected chi connectivity index (χ2v) is 5.52. The summed E-state index contributed by atoms with van der Waals surface area (Å²) < 4.78 is 10.8. The highest BCUT2D eigenvalue weighted by atomic mass is 16.5. The van der Waals surface area contributed by atoms with Gasteiger partial charge in [0.1, 0.15) is 5.75 Å². The van der Waals surface area contributed by atoms with Gasteiger partial charge in [-0.3, -0.25) is 9.88 Å². The van der Waals surface area contributed by atoms with Crippen molar-refractivity contribution < 1.29 is 9.47 Å². The van der Waals surface area contributed by atoms with E-state index in [4.69, 9.17) is 9.47 Å². The molecule has 1 aliphatic heterocycles. The van der Waals surface area contributed by atoms with E-state index in [2.05, 4.69) is 41.1 Å². The van der Waals surface area contributed by atoms with Crippen LogP contribution in [0.4, 0.5) is 0 Å². The first-order valence-electron chi connectivity index (χ1n) is 7.69. The number of benzene rings is 1. The predicted molar refractivity (Wildman–Crippen MR) is 87.0 cm³/mol. The van der Waals surface area contributed by atoms with E-state index in [0.29, 0.717) is 6.04 Å². The zero-order chi connectivity index (χ0) is 15.4. The lowest BCUT2D eigenvalue weighted by Crippen LogP contribution is -2.37. The molecule has 116 valence electrons. The van der Waals surface area contributed by atoms with Crippen molar-refractivity contribution in [3.63, 3.8) is 0 Å². The normalized spacial score (nSPS) is 17.2. The summed E-state index contributed by atoms with van der Waals surface area (Å²) in [5.41, 5.74) is 3.55. The highest BCUT2D eigenvalue weighted by molar-refractivity contribution is 5.69. The molecule has 0 N–H and O–H groups in total. The van der Waals surface area contributed by atoms with Crippen LogP contribution in [-0.2, 0) is 4.74 Å².